The lowest BCUT2D eigenvalue weighted by Crippen LogP contribution is -2.31. The van der Waals surface area contributed by atoms with Crippen LogP contribution in [0.3, 0.4) is 0 Å². The van der Waals surface area contributed by atoms with E-state index in [0.29, 0.717) is 6.42 Å². The molecule has 2 atom stereocenters. The zero-order chi connectivity index (χ0) is 13.0. The largest absolute Gasteiger partial charge is 0.480 e. The highest BCUT2D eigenvalue weighted by atomic mass is 16.4. The Labute approximate surface area is 103 Å². The molecule has 0 aliphatic rings. The van der Waals surface area contributed by atoms with E-state index < -0.39 is 12.0 Å². The van der Waals surface area contributed by atoms with Crippen LogP contribution in [-0.4, -0.2) is 17.1 Å². The Morgan fingerprint density at radius 3 is 2.53 bits per heavy atom. The number of aliphatic carboxylic acids is 1. The van der Waals surface area contributed by atoms with E-state index in [2.05, 4.69) is 39.0 Å². The Morgan fingerprint density at radius 1 is 1.41 bits per heavy atom. The second kappa shape index (κ2) is 5.82. The van der Waals surface area contributed by atoms with Crippen LogP contribution in [-0.2, 0) is 4.79 Å². The summed E-state index contributed by atoms with van der Waals surface area (Å²) in [7, 11) is 0. The van der Waals surface area contributed by atoms with E-state index in [1.807, 2.05) is 0 Å². The Bertz CT molecular complexity index is 401. The maximum atomic E-state index is 10.8. The number of carboxylic acids is 1. The Hall–Kier alpha value is -1.35. The number of hydrogen-bond donors (Lipinski definition) is 2. The molecule has 0 saturated heterocycles. The van der Waals surface area contributed by atoms with E-state index in [1.54, 1.807) is 0 Å². The van der Waals surface area contributed by atoms with Crippen molar-refractivity contribution in [2.45, 2.75) is 45.6 Å². The minimum absolute atomic E-state index is 0.224. The second-order valence-electron chi connectivity index (χ2n) is 4.65. The fourth-order valence-corrected chi connectivity index (χ4v) is 2.20. The summed E-state index contributed by atoms with van der Waals surface area (Å²) in [6, 6.07) is 5.51. The molecule has 3 heteroatoms. The first-order valence-electron chi connectivity index (χ1n) is 6.01. The Balaban J connectivity index is 2.90. The van der Waals surface area contributed by atoms with Crippen molar-refractivity contribution in [3.05, 3.63) is 34.9 Å². The molecule has 0 aromatic heterocycles. The molecule has 17 heavy (non-hydrogen) atoms. The van der Waals surface area contributed by atoms with E-state index in [0.717, 1.165) is 6.42 Å². The topological polar surface area (TPSA) is 63.3 Å². The first-order chi connectivity index (χ1) is 7.95. The predicted octanol–water partition coefficient (Wildman–Crippen LogP) is 2.60. The van der Waals surface area contributed by atoms with Gasteiger partial charge in [-0.3, -0.25) is 4.79 Å². The van der Waals surface area contributed by atoms with Crippen LogP contribution in [0.2, 0.25) is 0 Å². The molecule has 0 aliphatic carbocycles. The minimum atomic E-state index is -0.923. The molecular weight excluding hydrogens is 214 g/mol. The molecule has 1 aromatic rings. The molecule has 0 spiro atoms. The molecule has 1 aromatic carbocycles. The molecule has 0 heterocycles. The molecule has 0 fully saturated rings. The van der Waals surface area contributed by atoms with Crippen molar-refractivity contribution in [3.63, 3.8) is 0 Å². The van der Waals surface area contributed by atoms with E-state index in [4.69, 9.17) is 10.8 Å². The summed E-state index contributed by atoms with van der Waals surface area (Å²) in [6.07, 6.45) is 1.40. The van der Waals surface area contributed by atoms with Gasteiger partial charge in [0, 0.05) is 0 Å². The maximum absolute atomic E-state index is 10.8. The van der Waals surface area contributed by atoms with Crippen LogP contribution in [0.4, 0.5) is 0 Å². The molecule has 0 bridgehead atoms. The quantitative estimate of drug-likeness (QED) is 0.824. The van der Waals surface area contributed by atoms with Gasteiger partial charge in [-0.15, -0.1) is 0 Å². The lowest BCUT2D eigenvalue weighted by Gasteiger charge is -2.20. The average Bonchev–Trinajstić information content (AvgIpc) is 2.26. The standard InChI is InChI=1S/C14H21NO2/c1-4-11(8-13(15)14(16)17)12-6-5-9(2)7-10(12)3/h5-7,11,13H,4,8,15H2,1-3H3,(H,16,17). The lowest BCUT2D eigenvalue weighted by molar-refractivity contribution is -0.138. The normalized spacial score (nSPS) is 14.4. The summed E-state index contributed by atoms with van der Waals surface area (Å²) in [5, 5.41) is 8.86. The predicted molar refractivity (Wildman–Crippen MR) is 69.2 cm³/mol. The number of nitrogens with two attached hydrogens (primary N) is 1. The number of hydrogen-bond acceptors (Lipinski definition) is 2. The third-order valence-electron chi connectivity index (χ3n) is 3.21. The van der Waals surface area contributed by atoms with Crippen LogP contribution < -0.4 is 5.73 Å². The molecule has 0 amide bonds. The molecular formula is C14H21NO2. The summed E-state index contributed by atoms with van der Waals surface area (Å²) >= 11 is 0. The number of carboxylic acid groups (broad SMARTS) is 1. The Kier molecular flexibility index (Phi) is 4.70. The number of benzene rings is 1. The van der Waals surface area contributed by atoms with Gasteiger partial charge >= 0.3 is 5.97 Å². The first-order valence-corrected chi connectivity index (χ1v) is 6.01. The fourth-order valence-electron chi connectivity index (χ4n) is 2.20. The van der Waals surface area contributed by atoms with Gasteiger partial charge in [0.1, 0.15) is 6.04 Å². The second-order valence-corrected chi connectivity index (χ2v) is 4.65. The van der Waals surface area contributed by atoms with E-state index in [9.17, 15) is 4.79 Å². The zero-order valence-electron chi connectivity index (χ0n) is 10.7. The van der Waals surface area contributed by atoms with E-state index in [1.165, 1.54) is 16.7 Å². The van der Waals surface area contributed by atoms with Crippen molar-refractivity contribution in [1.29, 1.82) is 0 Å². The van der Waals surface area contributed by atoms with Crippen LogP contribution in [0.5, 0.6) is 0 Å². The summed E-state index contributed by atoms with van der Waals surface area (Å²) < 4.78 is 0. The average molecular weight is 235 g/mol. The van der Waals surface area contributed by atoms with Gasteiger partial charge in [-0.2, -0.15) is 0 Å². The summed E-state index contributed by atoms with van der Waals surface area (Å²) in [6.45, 7) is 6.19. The van der Waals surface area contributed by atoms with Gasteiger partial charge in [-0.05, 0) is 43.7 Å². The molecule has 0 saturated carbocycles. The molecule has 3 N–H and O–H groups in total. The molecule has 0 aliphatic heterocycles. The van der Waals surface area contributed by atoms with Gasteiger partial charge < -0.3 is 10.8 Å². The molecule has 94 valence electrons. The smallest absolute Gasteiger partial charge is 0.320 e. The van der Waals surface area contributed by atoms with E-state index in [-0.39, 0.29) is 5.92 Å². The van der Waals surface area contributed by atoms with Crippen LogP contribution >= 0.6 is 0 Å². The summed E-state index contributed by atoms with van der Waals surface area (Å²) in [5.41, 5.74) is 9.27. The summed E-state index contributed by atoms with van der Waals surface area (Å²) in [5.74, 6) is -0.699. The minimum Gasteiger partial charge on any atom is -0.480 e. The van der Waals surface area contributed by atoms with Crippen LogP contribution in [0.1, 0.15) is 42.4 Å². The van der Waals surface area contributed by atoms with Crippen LogP contribution in [0, 0.1) is 13.8 Å². The van der Waals surface area contributed by atoms with Crippen molar-refractivity contribution < 1.29 is 9.90 Å². The fraction of sp³-hybridized carbons (Fsp3) is 0.500. The van der Waals surface area contributed by atoms with Crippen molar-refractivity contribution >= 4 is 5.97 Å². The van der Waals surface area contributed by atoms with Crippen molar-refractivity contribution in [1.82, 2.24) is 0 Å². The maximum Gasteiger partial charge on any atom is 0.320 e. The van der Waals surface area contributed by atoms with Gasteiger partial charge in [0.15, 0.2) is 0 Å². The third-order valence-corrected chi connectivity index (χ3v) is 3.21. The van der Waals surface area contributed by atoms with Gasteiger partial charge in [0.2, 0.25) is 0 Å². The highest BCUT2D eigenvalue weighted by molar-refractivity contribution is 5.73. The van der Waals surface area contributed by atoms with Gasteiger partial charge in [0.05, 0.1) is 0 Å². The monoisotopic (exact) mass is 235 g/mol. The first kappa shape index (κ1) is 13.7. The van der Waals surface area contributed by atoms with Crippen LogP contribution in [0.25, 0.3) is 0 Å². The van der Waals surface area contributed by atoms with Crippen LogP contribution in [0.15, 0.2) is 18.2 Å². The lowest BCUT2D eigenvalue weighted by atomic mass is 9.87. The van der Waals surface area contributed by atoms with Gasteiger partial charge in [-0.25, -0.2) is 0 Å². The molecule has 2 unspecified atom stereocenters. The van der Waals surface area contributed by atoms with Crippen molar-refractivity contribution in [2.24, 2.45) is 5.73 Å². The number of carbonyl (C=O) groups is 1. The third kappa shape index (κ3) is 3.56. The van der Waals surface area contributed by atoms with Crippen molar-refractivity contribution in [3.8, 4) is 0 Å². The highest BCUT2D eigenvalue weighted by Gasteiger charge is 2.19. The molecule has 3 nitrogen and oxygen atoms in total. The van der Waals surface area contributed by atoms with Gasteiger partial charge in [0.25, 0.3) is 0 Å². The molecule has 1 rings (SSSR count). The number of rotatable bonds is 5. The summed E-state index contributed by atoms with van der Waals surface area (Å²) in [4.78, 5) is 10.8. The molecule has 0 radical (unpaired) electrons. The van der Waals surface area contributed by atoms with E-state index >= 15 is 0 Å². The highest BCUT2D eigenvalue weighted by Crippen LogP contribution is 2.27. The number of aryl methyl sites for hydroxylation is 2. The van der Waals surface area contributed by atoms with Gasteiger partial charge in [-0.1, -0.05) is 30.7 Å². The Morgan fingerprint density at radius 2 is 2.06 bits per heavy atom. The SMILES string of the molecule is CCC(CC(N)C(=O)O)c1ccc(C)cc1C. The zero-order valence-corrected chi connectivity index (χ0v) is 10.7. The van der Waals surface area contributed by atoms with Crippen molar-refractivity contribution in [2.75, 3.05) is 0 Å².